The summed E-state index contributed by atoms with van der Waals surface area (Å²) in [6, 6.07) is 1.64. The van der Waals surface area contributed by atoms with Gasteiger partial charge in [-0.15, -0.1) is 11.3 Å². The Hall–Kier alpha value is -2.22. The average Bonchev–Trinajstić information content (AvgIpc) is 3.06. The van der Waals surface area contributed by atoms with Crippen molar-refractivity contribution in [2.75, 3.05) is 6.61 Å². The highest BCUT2D eigenvalue weighted by atomic mass is 32.1. The number of rotatable bonds is 3. The van der Waals surface area contributed by atoms with Gasteiger partial charge in [0.1, 0.15) is 16.3 Å². The lowest BCUT2D eigenvalue weighted by atomic mass is 10.2. The third-order valence-electron chi connectivity index (χ3n) is 2.38. The van der Waals surface area contributed by atoms with Crippen LogP contribution in [0.4, 0.5) is 4.79 Å². The molecule has 0 saturated heterocycles. The molecule has 118 valence electrons. The van der Waals surface area contributed by atoms with Crippen molar-refractivity contribution in [1.29, 1.82) is 0 Å². The molecule has 0 atom stereocenters. The zero-order chi connectivity index (χ0) is 16.3. The van der Waals surface area contributed by atoms with E-state index in [2.05, 4.69) is 10.1 Å². The molecule has 0 saturated carbocycles. The fraction of sp³-hybridized carbons (Fsp3) is 0.429. The molecule has 0 radical (unpaired) electrons. The van der Waals surface area contributed by atoms with Gasteiger partial charge in [-0.2, -0.15) is 9.78 Å². The first kappa shape index (κ1) is 16.2. The van der Waals surface area contributed by atoms with Crippen molar-refractivity contribution in [3.8, 4) is 10.7 Å². The quantitative estimate of drug-likeness (QED) is 0.808. The number of nitrogens with zero attached hydrogens (tertiary/aromatic N) is 3. The van der Waals surface area contributed by atoms with E-state index in [0.717, 1.165) is 4.68 Å². The van der Waals surface area contributed by atoms with E-state index < -0.39 is 17.7 Å². The molecular formula is C14H17N3O4S. The predicted molar refractivity (Wildman–Crippen MR) is 80.9 cm³/mol. The first-order valence-electron chi connectivity index (χ1n) is 6.72. The SMILES string of the molecule is CCOC(=O)c1csc(-c2ccn(C(=O)OC(C)(C)C)n2)n1. The normalized spacial score (nSPS) is 11.3. The third-order valence-corrected chi connectivity index (χ3v) is 3.24. The standard InChI is InChI=1S/C14H17N3O4S/c1-5-20-12(18)10-8-22-11(15-10)9-6-7-17(16-9)13(19)21-14(2,3)4/h6-8H,5H2,1-4H3. The Morgan fingerprint density at radius 1 is 1.36 bits per heavy atom. The Morgan fingerprint density at radius 2 is 2.09 bits per heavy atom. The first-order chi connectivity index (χ1) is 10.3. The van der Waals surface area contributed by atoms with Gasteiger partial charge < -0.3 is 9.47 Å². The summed E-state index contributed by atoms with van der Waals surface area (Å²) in [7, 11) is 0. The Labute approximate surface area is 131 Å². The van der Waals surface area contributed by atoms with E-state index in [1.165, 1.54) is 17.5 Å². The number of carbonyl (C=O) groups excluding carboxylic acids is 2. The molecule has 2 heterocycles. The van der Waals surface area contributed by atoms with E-state index in [-0.39, 0.29) is 5.69 Å². The molecule has 0 amide bonds. The summed E-state index contributed by atoms with van der Waals surface area (Å²) in [6.07, 6.45) is 0.926. The molecule has 0 aliphatic rings. The highest BCUT2D eigenvalue weighted by Gasteiger charge is 2.20. The number of thiazole rings is 1. The van der Waals surface area contributed by atoms with E-state index in [0.29, 0.717) is 17.3 Å². The lowest BCUT2D eigenvalue weighted by molar-refractivity contribution is 0.0506. The van der Waals surface area contributed by atoms with Crippen LogP contribution in [-0.4, -0.2) is 39.0 Å². The number of aromatic nitrogens is 3. The van der Waals surface area contributed by atoms with Crippen LogP contribution in [0.15, 0.2) is 17.6 Å². The van der Waals surface area contributed by atoms with Crippen molar-refractivity contribution in [2.24, 2.45) is 0 Å². The molecule has 0 aliphatic heterocycles. The molecule has 0 fully saturated rings. The van der Waals surface area contributed by atoms with Crippen LogP contribution in [0.3, 0.4) is 0 Å². The molecule has 0 spiro atoms. The van der Waals surface area contributed by atoms with Crippen molar-refractivity contribution >= 4 is 23.4 Å². The lowest BCUT2D eigenvalue weighted by Crippen LogP contribution is -2.27. The molecule has 0 aliphatic carbocycles. The predicted octanol–water partition coefficient (Wildman–Crippen LogP) is 2.97. The van der Waals surface area contributed by atoms with Gasteiger partial charge in [0.25, 0.3) is 0 Å². The number of carbonyl (C=O) groups is 2. The minimum atomic E-state index is -0.596. The summed E-state index contributed by atoms with van der Waals surface area (Å²) >= 11 is 1.26. The molecule has 0 N–H and O–H groups in total. The summed E-state index contributed by atoms with van der Waals surface area (Å²) in [5.74, 6) is -0.475. The largest absolute Gasteiger partial charge is 0.461 e. The summed E-state index contributed by atoms with van der Waals surface area (Å²) in [4.78, 5) is 27.6. The second-order valence-electron chi connectivity index (χ2n) is 5.38. The number of hydrogen-bond donors (Lipinski definition) is 0. The molecule has 8 heteroatoms. The van der Waals surface area contributed by atoms with Crippen molar-refractivity contribution in [3.63, 3.8) is 0 Å². The van der Waals surface area contributed by atoms with Gasteiger partial charge in [-0.3, -0.25) is 0 Å². The zero-order valence-corrected chi connectivity index (χ0v) is 13.6. The van der Waals surface area contributed by atoms with Crippen LogP contribution in [0.2, 0.25) is 0 Å². The summed E-state index contributed by atoms with van der Waals surface area (Å²) < 4.78 is 11.2. The Morgan fingerprint density at radius 3 is 2.73 bits per heavy atom. The molecule has 0 bridgehead atoms. The molecule has 7 nitrogen and oxygen atoms in total. The maximum absolute atomic E-state index is 11.9. The molecule has 22 heavy (non-hydrogen) atoms. The summed E-state index contributed by atoms with van der Waals surface area (Å²) in [6.45, 7) is 7.36. The van der Waals surface area contributed by atoms with Gasteiger partial charge in [-0.05, 0) is 33.8 Å². The van der Waals surface area contributed by atoms with E-state index in [9.17, 15) is 9.59 Å². The van der Waals surface area contributed by atoms with E-state index in [1.807, 2.05) is 0 Å². The van der Waals surface area contributed by atoms with E-state index in [4.69, 9.17) is 9.47 Å². The molecular weight excluding hydrogens is 306 g/mol. The van der Waals surface area contributed by atoms with Gasteiger partial charge in [0.2, 0.25) is 0 Å². The van der Waals surface area contributed by atoms with Crippen LogP contribution in [0.5, 0.6) is 0 Å². The van der Waals surface area contributed by atoms with Crippen LogP contribution >= 0.6 is 11.3 Å². The molecule has 2 aromatic rings. The zero-order valence-electron chi connectivity index (χ0n) is 12.8. The lowest BCUT2D eigenvalue weighted by Gasteiger charge is -2.18. The fourth-order valence-electron chi connectivity index (χ4n) is 1.54. The van der Waals surface area contributed by atoms with Crippen molar-refractivity contribution in [1.82, 2.24) is 14.8 Å². The van der Waals surface area contributed by atoms with Gasteiger partial charge >= 0.3 is 12.1 Å². The molecule has 0 unspecified atom stereocenters. The highest BCUT2D eigenvalue weighted by molar-refractivity contribution is 7.13. The Bertz CT molecular complexity index is 684. The number of ether oxygens (including phenoxy) is 2. The topological polar surface area (TPSA) is 83.3 Å². The Balaban J connectivity index is 2.15. The fourth-order valence-corrected chi connectivity index (χ4v) is 2.29. The second kappa shape index (κ2) is 6.27. The summed E-state index contributed by atoms with van der Waals surface area (Å²) in [5, 5.41) is 6.25. The highest BCUT2D eigenvalue weighted by Crippen LogP contribution is 2.22. The molecule has 2 aromatic heterocycles. The van der Waals surface area contributed by atoms with Gasteiger partial charge in [0.05, 0.1) is 6.61 Å². The Kier molecular flexibility index (Phi) is 4.60. The van der Waals surface area contributed by atoms with Gasteiger partial charge in [-0.1, -0.05) is 0 Å². The molecule has 0 aromatic carbocycles. The maximum Gasteiger partial charge on any atom is 0.435 e. The van der Waals surface area contributed by atoms with Gasteiger partial charge in [-0.25, -0.2) is 14.6 Å². The minimum absolute atomic E-state index is 0.230. The van der Waals surface area contributed by atoms with Gasteiger partial charge in [0, 0.05) is 11.6 Å². The van der Waals surface area contributed by atoms with Crippen LogP contribution in [0, 0.1) is 0 Å². The third kappa shape index (κ3) is 3.91. The van der Waals surface area contributed by atoms with Gasteiger partial charge in [0.15, 0.2) is 5.69 Å². The number of hydrogen-bond acceptors (Lipinski definition) is 7. The first-order valence-corrected chi connectivity index (χ1v) is 7.60. The van der Waals surface area contributed by atoms with Crippen molar-refractivity contribution in [2.45, 2.75) is 33.3 Å². The van der Waals surface area contributed by atoms with E-state index in [1.54, 1.807) is 39.1 Å². The van der Waals surface area contributed by atoms with Crippen LogP contribution in [0.25, 0.3) is 10.7 Å². The maximum atomic E-state index is 11.9. The monoisotopic (exact) mass is 323 g/mol. The van der Waals surface area contributed by atoms with Crippen LogP contribution in [-0.2, 0) is 9.47 Å². The smallest absolute Gasteiger partial charge is 0.435 e. The minimum Gasteiger partial charge on any atom is -0.461 e. The number of esters is 1. The van der Waals surface area contributed by atoms with Crippen molar-refractivity contribution in [3.05, 3.63) is 23.3 Å². The van der Waals surface area contributed by atoms with Crippen LogP contribution < -0.4 is 0 Å². The van der Waals surface area contributed by atoms with Crippen molar-refractivity contribution < 1.29 is 19.1 Å². The second-order valence-corrected chi connectivity index (χ2v) is 6.24. The average molecular weight is 323 g/mol. The molecule has 2 rings (SSSR count). The van der Waals surface area contributed by atoms with E-state index >= 15 is 0 Å². The van der Waals surface area contributed by atoms with Crippen LogP contribution in [0.1, 0.15) is 38.2 Å². The summed E-state index contributed by atoms with van der Waals surface area (Å²) in [5.41, 5.74) is 0.127.